The van der Waals surface area contributed by atoms with Gasteiger partial charge in [0.15, 0.2) is 0 Å². The Kier molecular flexibility index (Phi) is 5.74. The highest BCUT2D eigenvalue weighted by Crippen LogP contribution is 2.45. The molecule has 0 atom stereocenters. The average molecular weight is 300 g/mol. The molecule has 0 aliphatic heterocycles. The first-order valence-corrected chi connectivity index (χ1v) is 8.13. The van der Waals surface area contributed by atoms with Gasteiger partial charge in [-0.05, 0) is 59.1 Å². The summed E-state index contributed by atoms with van der Waals surface area (Å²) >= 11 is 1.64. The number of amides is 1. The molecule has 2 nitrogen and oxygen atoms in total. The number of thioether (sulfide) groups is 1. The van der Waals surface area contributed by atoms with Crippen molar-refractivity contribution in [2.75, 3.05) is 0 Å². The Morgan fingerprint density at radius 1 is 1.00 bits per heavy atom. The van der Waals surface area contributed by atoms with Crippen LogP contribution in [0.25, 0.3) is 0 Å². The summed E-state index contributed by atoms with van der Waals surface area (Å²) in [4.78, 5) is 15.9. The van der Waals surface area contributed by atoms with Gasteiger partial charge in [-0.1, -0.05) is 18.2 Å². The van der Waals surface area contributed by atoms with Crippen molar-refractivity contribution in [3.8, 4) is 0 Å². The van der Waals surface area contributed by atoms with Crippen molar-refractivity contribution in [3.05, 3.63) is 60.8 Å². The van der Waals surface area contributed by atoms with Crippen LogP contribution in [0.2, 0.25) is 0 Å². The Balaban J connectivity index is 2.09. The third kappa shape index (κ3) is 4.03. The number of nitrogens with zero attached hydrogens (tertiary/aromatic N) is 1. The number of hydrogen-bond donors (Lipinski definition) is 0. The summed E-state index contributed by atoms with van der Waals surface area (Å²) < 4.78 is 0. The predicted octanol–water partition coefficient (Wildman–Crippen LogP) is 4.16. The molecular formula is C18H22NOS. The van der Waals surface area contributed by atoms with Gasteiger partial charge in [0.1, 0.15) is 0 Å². The molecule has 1 aromatic carbocycles. The van der Waals surface area contributed by atoms with Crippen LogP contribution < -0.4 is 0 Å². The predicted molar refractivity (Wildman–Crippen MR) is 88.8 cm³/mol. The smallest absolute Gasteiger partial charge is 0.232 e. The largest absolute Gasteiger partial charge is 0.337 e. The maximum Gasteiger partial charge on any atom is 0.232 e. The van der Waals surface area contributed by atoms with E-state index in [4.69, 9.17) is 0 Å². The lowest BCUT2D eigenvalue weighted by atomic mass is 10.0. The third-order valence-corrected chi connectivity index (χ3v) is 4.41. The average Bonchev–Trinajstić information content (AvgIpc) is 2.87. The van der Waals surface area contributed by atoms with Crippen LogP contribution in [0, 0.1) is 30.4 Å². The zero-order valence-electron chi connectivity index (χ0n) is 13.0. The first-order chi connectivity index (χ1) is 10.0. The Bertz CT molecular complexity index is 450. The van der Waals surface area contributed by atoms with Gasteiger partial charge in [0.05, 0.1) is 11.2 Å². The van der Waals surface area contributed by atoms with Crippen molar-refractivity contribution in [1.29, 1.82) is 0 Å². The molecule has 1 saturated carbocycles. The fourth-order valence-electron chi connectivity index (χ4n) is 2.49. The van der Waals surface area contributed by atoms with E-state index < -0.39 is 0 Å². The van der Waals surface area contributed by atoms with E-state index in [2.05, 4.69) is 39.8 Å². The minimum Gasteiger partial charge on any atom is -0.337 e. The quantitative estimate of drug-likeness (QED) is 0.814. The maximum atomic E-state index is 12.8. The second kappa shape index (κ2) is 7.35. The monoisotopic (exact) mass is 300 g/mol. The molecule has 0 saturated heterocycles. The van der Waals surface area contributed by atoms with E-state index in [9.17, 15) is 4.79 Å². The van der Waals surface area contributed by atoms with Crippen LogP contribution in [0.1, 0.15) is 27.7 Å². The molecule has 0 unspecified atom stereocenters. The van der Waals surface area contributed by atoms with Gasteiger partial charge in [-0.3, -0.25) is 4.79 Å². The van der Waals surface area contributed by atoms with Crippen LogP contribution in [0.15, 0.2) is 35.2 Å². The van der Waals surface area contributed by atoms with Crippen molar-refractivity contribution < 1.29 is 4.79 Å². The van der Waals surface area contributed by atoms with Gasteiger partial charge in [0.2, 0.25) is 5.91 Å². The van der Waals surface area contributed by atoms with Crippen LogP contribution in [-0.2, 0) is 4.79 Å². The van der Waals surface area contributed by atoms with Gasteiger partial charge >= 0.3 is 0 Å². The first-order valence-electron chi connectivity index (χ1n) is 7.32. The standard InChI is InChI=1S/C18H22NOS/c1-13(2)19(14(3)4)18(20)16-11-8-12-17(16)21-15-9-6-5-7-10-15/h5-14H,1-4H3. The van der Waals surface area contributed by atoms with Crippen LogP contribution in [0.4, 0.5) is 0 Å². The van der Waals surface area contributed by atoms with Gasteiger partial charge in [0, 0.05) is 17.0 Å². The van der Waals surface area contributed by atoms with Crippen LogP contribution >= 0.6 is 11.8 Å². The molecule has 1 aliphatic rings. The number of carbonyl (C=O) groups is 1. The molecule has 0 bridgehead atoms. The van der Waals surface area contributed by atoms with Gasteiger partial charge < -0.3 is 4.90 Å². The summed E-state index contributed by atoms with van der Waals surface area (Å²) in [6.07, 6.45) is 5.90. The molecule has 2 rings (SSSR count). The maximum absolute atomic E-state index is 12.8. The van der Waals surface area contributed by atoms with Crippen molar-refractivity contribution >= 4 is 17.7 Å². The number of carbonyl (C=O) groups excluding carboxylic acids is 1. The Hall–Kier alpha value is -0.960. The second-order valence-electron chi connectivity index (χ2n) is 5.62. The van der Waals surface area contributed by atoms with Crippen molar-refractivity contribution in [3.63, 3.8) is 0 Å². The zero-order chi connectivity index (χ0) is 15.4. The van der Waals surface area contributed by atoms with E-state index in [1.54, 1.807) is 11.8 Å². The highest BCUT2D eigenvalue weighted by atomic mass is 32.2. The molecule has 0 heterocycles. The summed E-state index contributed by atoms with van der Waals surface area (Å²) in [5, 5.41) is 1.03. The lowest BCUT2D eigenvalue weighted by Crippen LogP contribution is -2.45. The van der Waals surface area contributed by atoms with E-state index in [0.717, 1.165) is 16.1 Å². The van der Waals surface area contributed by atoms with E-state index in [0.29, 0.717) is 0 Å². The molecule has 1 amide bonds. The second-order valence-corrected chi connectivity index (χ2v) is 6.73. The Morgan fingerprint density at radius 2 is 1.62 bits per heavy atom. The molecule has 21 heavy (non-hydrogen) atoms. The molecule has 0 aromatic heterocycles. The fourth-order valence-corrected chi connectivity index (χ4v) is 3.45. The normalized spacial score (nSPS) is 16.9. The molecule has 1 aromatic rings. The van der Waals surface area contributed by atoms with Gasteiger partial charge in [0.25, 0.3) is 0 Å². The van der Waals surface area contributed by atoms with E-state index >= 15 is 0 Å². The summed E-state index contributed by atoms with van der Waals surface area (Å²) in [5.41, 5.74) is 0. The molecule has 1 fully saturated rings. The lowest BCUT2D eigenvalue weighted by molar-refractivity contribution is -0.131. The number of hydrogen-bond acceptors (Lipinski definition) is 2. The topological polar surface area (TPSA) is 20.3 Å². The highest BCUT2D eigenvalue weighted by molar-refractivity contribution is 8.02. The summed E-state index contributed by atoms with van der Waals surface area (Å²) in [7, 11) is 0. The lowest BCUT2D eigenvalue weighted by Gasteiger charge is -2.34. The minimum atomic E-state index is 0.114. The Labute approximate surface area is 133 Å². The molecular weight excluding hydrogens is 278 g/mol. The number of rotatable bonds is 5. The van der Waals surface area contributed by atoms with Crippen LogP contribution in [-0.4, -0.2) is 22.9 Å². The minimum absolute atomic E-state index is 0.114. The zero-order valence-corrected chi connectivity index (χ0v) is 13.9. The Morgan fingerprint density at radius 3 is 2.19 bits per heavy atom. The molecule has 0 N–H and O–H groups in total. The van der Waals surface area contributed by atoms with E-state index in [1.165, 1.54) is 0 Å². The van der Waals surface area contributed by atoms with Crippen molar-refractivity contribution in [2.24, 2.45) is 0 Å². The summed E-state index contributed by atoms with van der Waals surface area (Å²) in [6.45, 7) is 8.24. The molecule has 5 radical (unpaired) electrons. The molecule has 1 aliphatic carbocycles. The summed E-state index contributed by atoms with van der Waals surface area (Å²) in [6, 6.07) is 10.6. The van der Waals surface area contributed by atoms with Crippen LogP contribution in [0.5, 0.6) is 0 Å². The first kappa shape index (κ1) is 16.4. The highest BCUT2D eigenvalue weighted by Gasteiger charge is 2.39. The molecule has 111 valence electrons. The summed E-state index contributed by atoms with van der Waals surface area (Å²) in [5.74, 6) is 0.912. The van der Waals surface area contributed by atoms with Gasteiger partial charge in [-0.2, -0.15) is 0 Å². The SMILES string of the molecule is CC(C)N(C(=O)[C]1[CH][CH][CH][C]1Sc1ccccc1)C(C)C. The van der Waals surface area contributed by atoms with Crippen molar-refractivity contribution in [2.45, 2.75) is 44.7 Å². The third-order valence-electron chi connectivity index (χ3n) is 3.32. The van der Waals surface area contributed by atoms with Gasteiger partial charge in [-0.15, -0.1) is 11.8 Å². The molecule has 3 heteroatoms. The molecule has 0 spiro atoms. The number of benzene rings is 1. The van der Waals surface area contributed by atoms with E-state index in [1.807, 2.05) is 42.4 Å². The fraction of sp³-hybridized carbons (Fsp3) is 0.333. The van der Waals surface area contributed by atoms with Crippen molar-refractivity contribution in [1.82, 2.24) is 4.90 Å². The van der Waals surface area contributed by atoms with Crippen LogP contribution in [0.3, 0.4) is 0 Å². The van der Waals surface area contributed by atoms with Gasteiger partial charge in [-0.25, -0.2) is 0 Å². The van der Waals surface area contributed by atoms with E-state index in [-0.39, 0.29) is 18.0 Å².